The van der Waals surface area contributed by atoms with Gasteiger partial charge in [-0.05, 0) is 18.1 Å². The lowest BCUT2D eigenvalue weighted by Gasteiger charge is -1.94. The Morgan fingerprint density at radius 3 is 2.77 bits per heavy atom. The standard InChI is InChI=1S/C9H11N3.ClH/c1-7(2)8-6-12-9(11-8)4-3-5-10-12;/h3-7H,1-2H3;1H. The molecule has 13 heavy (non-hydrogen) atoms. The summed E-state index contributed by atoms with van der Waals surface area (Å²) in [7, 11) is 0. The summed E-state index contributed by atoms with van der Waals surface area (Å²) in [5, 5.41) is 4.14. The molecule has 0 bridgehead atoms. The van der Waals surface area contributed by atoms with E-state index < -0.39 is 0 Å². The average molecular weight is 198 g/mol. The van der Waals surface area contributed by atoms with Crippen LogP contribution in [0.5, 0.6) is 0 Å². The zero-order valence-electron chi connectivity index (χ0n) is 7.64. The van der Waals surface area contributed by atoms with E-state index in [9.17, 15) is 0 Å². The van der Waals surface area contributed by atoms with E-state index >= 15 is 0 Å². The molecule has 3 nitrogen and oxygen atoms in total. The molecule has 0 aliphatic heterocycles. The van der Waals surface area contributed by atoms with Gasteiger partial charge in [-0.3, -0.25) is 0 Å². The van der Waals surface area contributed by atoms with Crippen molar-refractivity contribution in [2.75, 3.05) is 0 Å². The molecule has 0 saturated heterocycles. The predicted octanol–water partition coefficient (Wildman–Crippen LogP) is 2.27. The van der Waals surface area contributed by atoms with Crippen molar-refractivity contribution in [2.45, 2.75) is 19.8 Å². The summed E-state index contributed by atoms with van der Waals surface area (Å²) in [6, 6.07) is 3.85. The highest BCUT2D eigenvalue weighted by Crippen LogP contribution is 2.12. The van der Waals surface area contributed by atoms with Crippen LogP contribution in [-0.4, -0.2) is 14.6 Å². The Bertz CT molecular complexity index is 361. The van der Waals surface area contributed by atoms with Gasteiger partial charge in [-0.2, -0.15) is 5.10 Å². The van der Waals surface area contributed by atoms with Gasteiger partial charge in [-0.25, -0.2) is 9.50 Å². The van der Waals surface area contributed by atoms with Crippen LogP contribution in [-0.2, 0) is 0 Å². The van der Waals surface area contributed by atoms with Gasteiger partial charge in [-0.15, -0.1) is 12.4 Å². The molecule has 2 heterocycles. The first-order chi connectivity index (χ1) is 5.77. The van der Waals surface area contributed by atoms with Crippen LogP contribution in [0.25, 0.3) is 5.65 Å². The molecule has 0 saturated carbocycles. The molecule has 0 amide bonds. The first-order valence-electron chi connectivity index (χ1n) is 4.07. The molecule has 0 radical (unpaired) electrons. The van der Waals surface area contributed by atoms with Crippen LogP contribution in [0, 0.1) is 0 Å². The number of rotatable bonds is 1. The molecule has 0 aliphatic rings. The van der Waals surface area contributed by atoms with E-state index in [-0.39, 0.29) is 12.4 Å². The zero-order valence-corrected chi connectivity index (χ0v) is 8.45. The maximum absolute atomic E-state index is 4.41. The van der Waals surface area contributed by atoms with Gasteiger partial charge in [0, 0.05) is 6.20 Å². The Labute approximate surface area is 83.2 Å². The molecule has 4 heteroatoms. The second kappa shape index (κ2) is 3.75. The molecule has 2 aromatic rings. The number of hydrogen-bond acceptors (Lipinski definition) is 2. The van der Waals surface area contributed by atoms with Gasteiger partial charge >= 0.3 is 0 Å². The third-order valence-electron chi connectivity index (χ3n) is 1.85. The summed E-state index contributed by atoms with van der Waals surface area (Å²) in [5.41, 5.74) is 2.01. The van der Waals surface area contributed by atoms with Gasteiger partial charge in [0.15, 0.2) is 5.65 Å². The Balaban J connectivity index is 0.000000845. The first kappa shape index (κ1) is 9.99. The highest BCUT2D eigenvalue weighted by Gasteiger charge is 2.04. The lowest BCUT2D eigenvalue weighted by Crippen LogP contribution is -1.86. The monoisotopic (exact) mass is 197 g/mol. The largest absolute Gasteiger partial charge is 0.232 e. The highest BCUT2D eigenvalue weighted by molar-refractivity contribution is 5.85. The molecule has 70 valence electrons. The summed E-state index contributed by atoms with van der Waals surface area (Å²) in [4.78, 5) is 4.41. The molecule has 0 unspecified atom stereocenters. The smallest absolute Gasteiger partial charge is 0.153 e. The van der Waals surface area contributed by atoms with Crippen molar-refractivity contribution >= 4 is 18.1 Å². The van der Waals surface area contributed by atoms with E-state index in [1.807, 2.05) is 18.3 Å². The van der Waals surface area contributed by atoms with E-state index in [0.717, 1.165) is 11.3 Å². The zero-order chi connectivity index (χ0) is 8.55. The number of halogens is 1. The lowest BCUT2D eigenvalue weighted by atomic mass is 10.2. The molecule has 0 N–H and O–H groups in total. The second-order valence-corrected chi connectivity index (χ2v) is 3.15. The SMILES string of the molecule is CC(C)c1cn2ncccc2n1.Cl. The van der Waals surface area contributed by atoms with Crippen LogP contribution in [0.4, 0.5) is 0 Å². The minimum absolute atomic E-state index is 0. The fraction of sp³-hybridized carbons (Fsp3) is 0.333. The van der Waals surface area contributed by atoms with Crippen molar-refractivity contribution in [2.24, 2.45) is 0 Å². The van der Waals surface area contributed by atoms with Gasteiger partial charge < -0.3 is 0 Å². The second-order valence-electron chi connectivity index (χ2n) is 3.15. The number of nitrogens with zero attached hydrogens (tertiary/aromatic N) is 3. The van der Waals surface area contributed by atoms with Crippen LogP contribution in [0.2, 0.25) is 0 Å². The van der Waals surface area contributed by atoms with E-state index in [1.54, 1.807) is 10.7 Å². The van der Waals surface area contributed by atoms with Gasteiger partial charge in [0.2, 0.25) is 0 Å². The van der Waals surface area contributed by atoms with E-state index in [0.29, 0.717) is 5.92 Å². The molecular weight excluding hydrogens is 186 g/mol. The third-order valence-corrected chi connectivity index (χ3v) is 1.85. The van der Waals surface area contributed by atoms with Gasteiger partial charge in [0.1, 0.15) is 0 Å². The molecule has 0 atom stereocenters. The van der Waals surface area contributed by atoms with Crippen LogP contribution < -0.4 is 0 Å². The van der Waals surface area contributed by atoms with Gasteiger partial charge in [0.05, 0.1) is 11.9 Å². The topological polar surface area (TPSA) is 30.2 Å². The van der Waals surface area contributed by atoms with Crippen molar-refractivity contribution < 1.29 is 0 Å². The van der Waals surface area contributed by atoms with Crippen LogP contribution in [0.15, 0.2) is 24.5 Å². The number of imidazole rings is 1. The maximum atomic E-state index is 4.41. The van der Waals surface area contributed by atoms with Crippen LogP contribution in [0.1, 0.15) is 25.5 Å². The molecule has 0 aliphatic carbocycles. The minimum atomic E-state index is 0. The van der Waals surface area contributed by atoms with Crippen molar-refractivity contribution in [3.8, 4) is 0 Å². The predicted molar refractivity (Wildman–Crippen MR) is 54.3 cm³/mol. The van der Waals surface area contributed by atoms with Crippen molar-refractivity contribution in [1.29, 1.82) is 0 Å². The minimum Gasteiger partial charge on any atom is -0.232 e. The third kappa shape index (κ3) is 1.80. The summed E-state index contributed by atoms with van der Waals surface area (Å²) in [5.74, 6) is 0.465. The highest BCUT2D eigenvalue weighted by atomic mass is 35.5. The summed E-state index contributed by atoms with van der Waals surface area (Å²) in [6.07, 6.45) is 3.73. The van der Waals surface area contributed by atoms with Crippen LogP contribution >= 0.6 is 12.4 Å². The Morgan fingerprint density at radius 1 is 1.38 bits per heavy atom. The maximum Gasteiger partial charge on any atom is 0.153 e. The molecule has 0 fully saturated rings. The lowest BCUT2D eigenvalue weighted by molar-refractivity contribution is 0.829. The van der Waals surface area contributed by atoms with Gasteiger partial charge in [-0.1, -0.05) is 13.8 Å². The Morgan fingerprint density at radius 2 is 2.15 bits per heavy atom. The summed E-state index contributed by atoms with van der Waals surface area (Å²) < 4.78 is 1.80. The van der Waals surface area contributed by atoms with Crippen LogP contribution in [0.3, 0.4) is 0 Å². The van der Waals surface area contributed by atoms with Crippen molar-refractivity contribution in [3.63, 3.8) is 0 Å². The van der Waals surface area contributed by atoms with Crippen molar-refractivity contribution in [3.05, 3.63) is 30.2 Å². The molecular formula is C9H12ClN3. The van der Waals surface area contributed by atoms with E-state index in [4.69, 9.17) is 0 Å². The van der Waals surface area contributed by atoms with Gasteiger partial charge in [0.25, 0.3) is 0 Å². The summed E-state index contributed by atoms with van der Waals surface area (Å²) >= 11 is 0. The van der Waals surface area contributed by atoms with Crippen molar-refractivity contribution in [1.82, 2.24) is 14.6 Å². The quantitative estimate of drug-likeness (QED) is 0.702. The fourth-order valence-electron chi connectivity index (χ4n) is 1.13. The molecule has 2 rings (SSSR count). The number of aromatic nitrogens is 3. The first-order valence-corrected chi connectivity index (χ1v) is 4.07. The number of hydrogen-bond donors (Lipinski definition) is 0. The molecule has 2 aromatic heterocycles. The Hall–Kier alpha value is -1.09. The normalized spacial score (nSPS) is 10.4. The molecule has 0 aromatic carbocycles. The van der Waals surface area contributed by atoms with E-state index in [2.05, 4.69) is 23.9 Å². The number of fused-ring (bicyclic) bond motifs is 1. The van der Waals surface area contributed by atoms with E-state index in [1.165, 1.54) is 0 Å². The fourth-order valence-corrected chi connectivity index (χ4v) is 1.13. The summed E-state index contributed by atoms with van der Waals surface area (Å²) in [6.45, 7) is 4.25. The Kier molecular flexibility index (Phi) is 2.88. The average Bonchev–Trinajstić information content (AvgIpc) is 2.46. The molecule has 0 spiro atoms.